The van der Waals surface area contributed by atoms with E-state index in [0.717, 1.165) is 29.6 Å². The number of likely N-dealkylation sites (tertiary alicyclic amines) is 1. The lowest BCUT2D eigenvalue weighted by atomic mass is 10.1. The van der Waals surface area contributed by atoms with Gasteiger partial charge in [-0.05, 0) is 47.3 Å². The molecule has 0 spiro atoms. The number of halogens is 1. The summed E-state index contributed by atoms with van der Waals surface area (Å²) < 4.78 is 6.55. The predicted octanol–water partition coefficient (Wildman–Crippen LogP) is 2.59. The minimum absolute atomic E-state index is 0.111. The van der Waals surface area contributed by atoms with Crippen LogP contribution in [0.3, 0.4) is 0 Å². The number of β-amino-alcohol motifs (C(OH)–C–C–N with tert-alkyl or cyclic N) is 1. The van der Waals surface area contributed by atoms with E-state index in [2.05, 4.69) is 15.9 Å². The number of aliphatic hydroxyl groups is 1. The fourth-order valence-electron chi connectivity index (χ4n) is 2.31. The van der Waals surface area contributed by atoms with Crippen molar-refractivity contribution >= 4 is 21.8 Å². The number of hydrogen-bond acceptors (Lipinski definition) is 3. The van der Waals surface area contributed by atoms with Crippen LogP contribution in [0.2, 0.25) is 0 Å². The van der Waals surface area contributed by atoms with Crippen LogP contribution in [-0.2, 0) is 4.79 Å². The smallest absolute Gasteiger partial charge is 0.222 e. The molecule has 1 amide bonds. The van der Waals surface area contributed by atoms with Crippen LogP contribution in [0.15, 0.2) is 28.7 Å². The van der Waals surface area contributed by atoms with Crippen LogP contribution in [-0.4, -0.2) is 41.7 Å². The first-order chi connectivity index (χ1) is 9.66. The van der Waals surface area contributed by atoms with E-state index in [1.165, 1.54) is 0 Å². The van der Waals surface area contributed by atoms with Gasteiger partial charge in [0.25, 0.3) is 0 Å². The summed E-state index contributed by atoms with van der Waals surface area (Å²) in [6, 6.07) is 7.67. The standard InChI is InChI=1S/C15H20BrNO3/c16-13-6-1-2-7-14(13)20-10-4-8-15(19)17-9-3-5-12(18)11-17/h1-2,6-7,12,18H,3-5,8-11H2. The molecule has 1 aliphatic heterocycles. The molecule has 1 unspecified atom stereocenters. The molecule has 4 nitrogen and oxygen atoms in total. The van der Waals surface area contributed by atoms with Gasteiger partial charge >= 0.3 is 0 Å². The lowest BCUT2D eigenvalue weighted by molar-refractivity contribution is -0.134. The van der Waals surface area contributed by atoms with E-state index < -0.39 is 0 Å². The van der Waals surface area contributed by atoms with Gasteiger partial charge in [0.1, 0.15) is 5.75 Å². The Morgan fingerprint density at radius 2 is 2.25 bits per heavy atom. The van der Waals surface area contributed by atoms with Crippen LogP contribution in [0.1, 0.15) is 25.7 Å². The van der Waals surface area contributed by atoms with Crippen molar-refractivity contribution < 1.29 is 14.6 Å². The second-order valence-corrected chi connectivity index (χ2v) is 5.87. The Morgan fingerprint density at radius 3 is 3.00 bits per heavy atom. The minimum Gasteiger partial charge on any atom is -0.492 e. The topological polar surface area (TPSA) is 49.8 Å². The summed E-state index contributed by atoms with van der Waals surface area (Å²) >= 11 is 3.42. The summed E-state index contributed by atoms with van der Waals surface area (Å²) in [6.07, 6.45) is 2.49. The number of piperidine rings is 1. The van der Waals surface area contributed by atoms with Crippen LogP contribution in [0, 0.1) is 0 Å². The van der Waals surface area contributed by atoms with Gasteiger partial charge in [-0.1, -0.05) is 12.1 Å². The number of carbonyl (C=O) groups excluding carboxylic acids is 1. The molecule has 1 atom stereocenters. The van der Waals surface area contributed by atoms with E-state index in [0.29, 0.717) is 26.0 Å². The Hall–Kier alpha value is -1.07. The van der Waals surface area contributed by atoms with E-state index >= 15 is 0 Å². The van der Waals surface area contributed by atoms with Crippen LogP contribution >= 0.6 is 15.9 Å². The highest BCUT2D eigenvalue weighted by Gasteiger charge is 2.21. The van der Waals surface area contributed by atoms with Crippen LogP contribution in [0.25, 0.3) is 0 Å². The number of aliphatic hydroxyl groups excluding tert-OH is 1. The number of benzene rings is 1. The van der Waals surface area contributed by atoms with E-state index in [4.69, 9.17) is 4.74 Å². The van der Waals surface area contributed by atoms with Crippen molar-refractivity contribution in [2.24, 2.45) is 0 Å². The van der Waals surface area contributed by atoms with Crippen molar-refractivity contribution in [2.75, 3.05) is 19.7 Å². The zero-order valence-electron chi connectivity index (χ0n) is 11.4. The highest BCUT2D eigenvalue weighted by atomic mass is 79.9. The second-order valence-electron chi connectivity index (χ2n) is 5.02. The third kappa shape index (κ3) is 4.49. The quantitative estimate of drug-likeness (QED) is 0.837. The lowest BCUT2D eigenvalue weighted by Crippen LogP contribution is -2.42. The Bertz CT molecular complexity index is 452. The van der Waals surface area contributed by atoms with Crippen molar-refractivity contribution in [3.8, 4) is 5.75 Å². The maximum Gasteiger partial charge on any atom is 0.222 e. The van der Waals surface area contributed by atoms with Crippen LogP contribution in [0.5, 0.6) is 5.75 Å². The van der Waals surface area contributed by atoms with Gasteiger partial charge < -0.3 is 14.7 Å². The monoisotopic (exact) mass is 341 g/mol. The zero-order valence-corrected chi connectivity index (χ0v) is 13.0. The molecule has 5 heteroatoms. The summed E-state index contributed by atoms with van der Waals surface area (Å²) in [4.78, 5) is 13.7. The van der Waals surface area contributed by atoms with Crippen LogP contribution < -0.4 is 4.74 Å². The average Bonchev–Trinajstić information content (AvgIpc) is 2.45. The number of rotatable bonds is 5. The van der Waals surface area contributed by atoms with Crippen molar-refractivity contribution in [3.05, 3.63) is 28.7 Å². The third-order valence-electron chi connectivity index (χ3n) is 3.38. The molecule has 1 aromatic rings. The van der Waals surface area contributed by atoms with Gasteiger partial charge in [-0.25, -0.2) is 0 Å². The van der Waals surface area contributed by atoms with E-state index in [1.54, 1.807) is 4.90 Å². The molecule has 1 saturated heterocycles. The predicted molar refractivity (Wildman–Crippen MR) is 80.7 cm³/mol. The van der Waals surface area contributed by atoms with Gasteiger partial charge in [-0.3, -0.25) is 4.79 Å². The van der Waals surface area contributed by atoms with E-state index in [-0.39, 0.29) is 12.0 Å². The third-order valence-corrected chi connectivity index (χ3v) is 4.03. The molecule has 0 radical (unpaired) electrons. The van der Waals surface area contributed by atoms with Gasteiger partial charge in [0.15, 0.2) is 0 Å². The number of ether oxygens (including phenoxy) is 1. The lowest BCUT2D eigenvalue weighted by Gasteiger charge is -2.30. The minimum atomic E-state index is -0.357. The SMILES string of the molecule is O=C(CCCOc1ccccc1Br)N1CCCC(O)C1. The molecule has 1 fully saturated rings. The summed E-state index contributed by atoms with van der Waals surface area (Å²) in [7, 11) is 0. The van der Waals surface area contributed by atoms with E-state index in [9.17, 15) is 9.90 Å². The van der Waals surface area contributed by atoms with Gasteiger partial charge in [0.2, 0.25) is 5.91 Å². The van der Waals surface area contributed by atoms with Gasteiger partial charge in [0.05, 0.1) is 17.2 Å². The first kappa shape index (κ1) is 15.3. The second kappa shape index (κ2) is 7.64. The normalized spacial score (nSPS) is 18.9. The highest BCUT2D eigenvalue weighted by Crippen LogP contribution is 2.23. The Kier molecular flexibility index (Phi) is 5.86. The molecule has 110 valence electrons. The summed E-state index contributed by atoms with van der Waals surface area (Å²) in [5.41, 5.74) is 0. The van der Waals surface area contributed by atoms with Crippen LogP contribution in [0.4, 0.5) is 0 Å². The zero-order chi connectivity index (χ0) is 14.4. The molecule has 0 aliphatic carbocycles. The first-order valence-electron chi connectivity index (χ1n) is 7.00. The fourth-order valence-corrected chi connectivity index (χ4v) is 2.71. The number of amides is 1. The number of carbonyl (C=O) groups is 1. The van der Waals surface area contributed by atoms with Crippen molar-refractivity contribution in [1.82, 2.24) is 4.90 Å². The largest absolute Gasteiger partial charge is 0.492 e. The molecule has 0 aromatic heterocycles. The number of hydrogen-bond donors (Lipinski definition) is 1. The summed E-state index contributed by atoms with van der Waals surface area (Å²) in [5, 5.41) is 9.56. The highest BCUT2D eigenvalue weighted by molar-refractivity contribution is 9.10. The molecule has 1 aromatic carbocycles. The first-order valence-corrected chi connectivity index (χ1v) is 7.79. The molecule has 0 saturated carbocycles. The number of nitrogens with zero attached hydrogens (tertiary/aromatic N) is 1. The van der Waals surface area contributed by atoms with Crippen molar-refractivity contribution in [1.29, 1.82) is 0 Å². The molecule has 1 heterocycles. The Balaban J connectivity index is 1.68. The maximum absolute atomic E-state index is 12.0. The average molecular weight is 342 g/mol. The summed E-state index contributed by atoms with van der Waals surface area (Å²) in [5.74, 6) is 0.910. The Labute approximate surface area is 127 Å². The number of para-hydroxylation sites is 1. The van der Waals surface area contributed by atoms with Crippen molar-refractivity contribution in [3.63, 3.8) is 0 Å². The molecule has 1 aliphatic rings. The molecular weight excluding hydrogens is 322 g/mol. The molecule has 1 N–H and O–H groups in total. The molecule has 0 bridgehead atoms. The fraction of sp³-hybridized carbons (Fsp3) is 0.533. The van der Waals surface area contributed by atoms with Crippen molar-refractivity contribution in [2.45, 2.75) is 31.8 Å². The molecular formula is C15H20BrNO3. The maximum atomic E-state index is 12.0. The van der Waals surface area contributed by atoms with Gasteiger partial charge in [-0.2, -0.15) is 0 Å². The Morgan fingerprint density at radius 1 is 1.45 bits per heavy atom. The van der Waals surface area contributed by atoms with Gasteiger partial charge in [-0.15, -0.1) is 0 Å². The molecule has 20 heavy (non-hydrogen) atoms. The van der Waals surface area contributed by atoms with Gasteiger partial charge in [0, 0.05) is 19.5 Å². The molecule has 2 rings (SSSR count). The summed E-state index contributed by atoms with van der Waals surface area (Å²) in [6.45, 7) is 1.76. The van der Waals surface area contributed by atoms with E-state index in [1.807, 2.05) is 24.3 Å².